The van der Waals surface area contributed by atoms with Crippen LogP contribution < -0.4 is 5.32 Å². The van der Waals surface area contributed by atoms with Crippen molar-refractivity contribution in [2.45, 2.75) is 89.8 Å². The van der Waals surface area contributed by atoms with Crippen LogP contribution in [0.3, 0.4) is 0 Å². The molecule has 2 aliphatic heterocycles. The number of rotatable bonds is 5. The molecule has 0 spiro atoms. The Labute approximate surface area is 148 Å². The molecule has 0 bridgehead atoms. The van der Waals surface area contributed by atoms with E-state index < -0.39 is 0 Å². The summed E-state index contributed by atoms with van der Waals surface area (Å²) in [5.41, 5.74) is 0. The molecular formula is C20H37N3O. The third-order valence-electron chi connectivity index (χ3n) is 6.52. The van der Waals surface area contributed by atoms with Crippen LogP contribution in [-0.2, 0) is 4.79 Å². The van der Waals surface area contributed by atoms with Crippen molar-refractivity contribution in [1.29, 1.82) is 0 Å². The lowest BCUT2D eigenvalue weighted by Crippen LogP contribution is -2.54. The minimum absolute atomic E-state index is 0.134. The van der Waals surface area contributed by atoms with E-state index in [0.717, 1.165) is 25.4 Å². The predicted octanol–water partition coefficient (Wildman–Crippen LogP) is 3.02. The van der Waals surface area contributed by atoms with Gasteiger partial charge in [-0.05, 0) is 64.5 Å². The molecule has 1 aliphatic carbocycles. The van der Waals surface area contributed by atoms with Crippen molar-refractivity contribution in [2.24, 2.45) is 5.92 Å². The Morgan fingerprint density at radius 2 is 1.79 bits per heavy atom. The molecule has 0 aromatic rings. The molecule has 0 aromatic carbocycles. The first kappa shape index (κ1) is 18.2. The van der Waals surface area contributed by atoms with Crippen LogP contribution >= 0.6 is 0 Å². The zero-order valence-corrected chi connectivity index (χ0v) is 15.8. The van der Waals surface area contributed by atoms with Crippen LogP contribution in [0.25, 0.3) is 0 Å². The molecule has 3 aliphatic rings. The Morgan fingerprint density at radius 1 is 1.04 bits per heavy atom. The Bertz CT molecular complexity index is 408. The van der Waals surface area contributed by atoms with Gasteiger partial charge in [0.2, 0.25) is 5.91 Å². The number of hydrogen-bond donors (Lipinski definition) is 1. The molecule has 24 heavy (non-hydrogen) atoms. The van der Waals surface area contributed by atoms with Crippen LogP contribution in [0.4, 0.5) is 0 Å². The van der Waals surface area contributed by atoms with Crippen LogP contribution in [0.2, 0.25) is 0 Å². The van der Waals surface area contributed by atoms with Gasteiger partial charge in [0.25, 0.3) is 0 Å². The first-order valence-electron chi connectivity index (χ1n) is 10.4. The second-order valence-corrected chi connectivity index (χ2v) is 8.52. The average molecular weight is 336 g/mol. The highest BCUT2D eigenvalue weighted by molar-refractivity contribution is 5.81. The Balaban J connectivity index is 1.49. The van der Waals surface area contributed by atoms with Gasteiger partial charge in [0, 0.05) is 25.2 Å². The molecular weight excluding hydrogens is 298 g/mol. The van der Waals surface area contributed by atoms with Gasteiger partial charge in [-0.3, -0.25) is 14.6 Å². The first-order valence-corrected chi connectivity index (χ1v) is 10.4. The summed E-state index contributed by atoms with van der Waals surface area (Å²) in [6, 6.07) is 1.26. The fraction of sp³-hybridized carbons (Fsp3) is 0.950. The molecule has 1 amide bonds. The Hall–Kier alpha value is -0.610. The summed E-state index contributed by atoms with van der Waals surface area (Å²) in [6.07, 6.45) is 11.5. The standard InChI is InChI=1S/C20H37N3O/c1-16-8-7-12-22(15-16)17(2)14-21-20(24)19-11-5-6-13-23(19)18-9-3-4-10-18/h16-19H,3-15H2,1-2H3,(H,21,24)/t16-,17+,19+/m1/s1. The van der Waals surface area contributed by atoms with Crippen molar-refractivity contribution >= 4 is 5.91 Å². The zero-order chi connectivity index (χ0) is 16.9. The summed E-state index contributed by atoms with van der Waals surface area (Å²) in [5.74, 6) is 1.09. The van der Waals surface area contributed by atoms with E-state index in [-0.39, 0.29) is 6.04 Å². The molecule has 0 radical (unpaired) electrons. The van der Waals surface area contributed by atoms with Gasteiger partial charge in [0.15, 0.2) is 0 Å². The van der Waals surface area contributed by atoms with Crippen molar-refractivity contribution in [2.75, 3.05) is 26.2 Å². The van der Waals surface area contributed by atoms with E-state index in [0.29, 0.717) is 18.0 Å². The van der Waals surface area contributed by atoms with Crippen LogP contribution in [0, 0.1) is 5.92 Å². The van der Waals surface area contributed by atoms with Crippen molar-refractivity contribution in [1.82, 2.24) is 15.1 Å². The Kier molecular flexibility index (Phi) is 6.56. The van der Waals surface area contributed by atoms with E-state index in [1.165, 1.54) is 64.5 Å². The van der Waals surface area contributed by atoms with Crippen LogP contribution in [-0.4, -0.2) is 60.0 Å². The third-order valence-corrected chi connectivity index (χ3v) is 6.52. The highest BCUT2D eigenvalue weighted by Gasteiger charge is 2.34. The number of piperidine rings is 2. The molecule has 1 N–H and O–H groups in total. The van der Waals surface area contributed by atoms with E-state index in [1.807, 2.05) is 0 Å². The van der Waals surface area contributed by atoms with Crippen LogP contribution in [0.15, 0.2) is 0 Å². The lowest BCUT2D eigenvalue weighted by Gasteiger charge is -2.39. The van der Waals surface area contributed by atoms with E-state index >= 15 is 0 Å². The molecule has 2 heterocycles. The molecule has 3 atom stereocenters. The minimum Gasteiger partial charge on any atom is -0.353 e. The largest absolute Gasteiger partial charge is 0.353 e. The molecule has 0 unspecified atom stereocenters. The fourth-order valence-corrected chi connectivity index (χ4v) is 5.03. The maximum Gasteiger partial charge on any atom is 0.237 e. The number of likely N-dealkylation sites (tertiary alicyclic amines) is 2. The van der Waals surface area contributed by atoms with E-state index in [4.69, 9.17) is 0 Å². The quantitative estimate of drug-likeness (QED) is 0.839. The monoisotopic (exact) mass is 335 g/mol. The number of hydrogen-bond acceptors (Lipinski definition) is 3. The van der Waals surface area contributed by atoms with Crippen molar-refractivity contribution in [3.8, 4) is 0 Å². The molecule has 2 saturated heterocycles. The normalized spacial score (nSPS) is 31.9. The van der Waals surface area contributed by atoms with Crippen molar-refractivity contribution in [3.05, 3.63) is 0 Å². The van der Waals surface area contributed by atoms with Gasteiger partial charge < -0.3 is 5.32 Å². The lowest BCUT2D eigenvalue weighted by atomic mass is 9.97. The van der Waals surface area contributed by atoms with E-state index in [2.05, 4.69) is 29.0 Å². The van der Waals surface area contributed by atoms with Gasteiger partial charge in [0.1, 0.15) is 0 Å². The summed E-state index contributed by atoms with van der Waals surface area (Å²) < 4.78 is 0. The van der Waals surface area contributed by atoms with Crippen molar-refractivity contribution in [3.63, 3.8) is 0 Å². The Morgan fingerprint density at radius 3 is 2.54 bits per heavy atom. The first-order chi connectivity index (χ1) is 11.6. The molecule has 0 aromatic heterocycles. The summed E-state index contributed by atoms with van der Waals surface area (Å²) in [4.78, 5) is 17.9. The van der Waals surface area contributed by atoms with Crippen LogP contribution in [0.1, 0.15) is 71.6 Å². The highest BCUT2D eigenvalue weighted by Crippen LogP contribution is 2.29. The lowest BCUT2D eigenvalue weighted by molar-refractivity contribution is -0.129. The predicted molar refractivity (Wildman–Crippen MR) is 99.0 cm³/mol. The van der Waals surface area contributed by atoms with E-state index in [9.17, 15) is 4.79 Å². The molecule has 1 saturated carbocycles. The second-order valence-electron chi connectivity index (χ2n) is 8.52. The van der Waals surface area contributed by atoms with Gasteiger partial charge in [-0.15, -0.1) is 0 Å². The van der Waals surface area contributed by atoms with Gasteiger partial charge in [0.05, 0.1) is 6.04 Å². The maximum atomic E-state index is 12.8. The number of nitrogens with zero attached hydrogens (tertiary/aromatic N) is 2. The highest BCUT2D eigenvalue weighted by atomic mass is 16.2. The minimum atomic E-state index is 0.134. The smallest absolute Gasteiger partial charge is 0.237 e. The molecule has 3 fully saturated rings. The topological polar surface area (TPSA) is 35.6 Å². The number of carbonyl (C=O) groups excluding carboxylic acids is 1. The van der Waals surface area contributed by atoms with Gasteiger partial charge in [-0.1, -0.05) is 26.2 Å². The zero-order valence-electron chi connectivity index (χ0n) is 15.8. The van der Waals surface area contributed by atoms with Gasteiger partial charge in [-0.2, -0.15) is 0 Å². The number of carbonyl (C=O) groups is 1. The summed E-state index contributed by atoms with van der Waals surface area (Å²) in [5, 5.41) is 3.30. The van der Waals surface area contributed by atoms with Gasteiger partial charge >= 0.3 is 0 Å². The molecule has 4 heteroatoms. The van der Waals surface area contributed by atoms with Gasteiger partial charge in [-0.25, -0.2) is 0 Å². The summed E-state index contributed by atoms with van der Waals surface area (Å²) >= 11 is 0. The molecule has 4 nitrogen and oxygen atoms in total. The SMILES string of the molecule is C[C@@H]1CCCN([C@@H](C)CNC(=O)[C@@H]2CCCCN2C2CCCC2)C1. The number of amides is 1. The summed E-state index contributed by atoms with van der Waals surface area (Å²) in [6.45, 7) is 8.93. The average Bonchev–Trinajstić information content (AvgIpc) is 3.14. The number of nitrogens with one attached hydrogen (secondary N) is 1. The summed E-state index contributed by atoms with van der Waals surface area (Å²) in [7, 11) is 0. The third kappa shape index (κ3) is 4.51. The molecule has 138 valence electrons. The second kappa shape index (κ2) is 8.66. The van der Waals surface area contributed by atoms with Crippen LogP contribution in [0.5, 0.6) is 0 Å². The van der Waals surface area contributed by atoms with E-state index in [1.54, 1.807) is 0 Å². The molecule has 3 rings (SSSR count). The van der Waals surface area contributed by atoms with Crippen molar-refractivity contribution < 1.29 is 4.79 Å². The maximum absolute atomic E-state index is 12.8. The fourth-order valence-electron chi connectivity index (χ4n) is 5.03.